The van der Waals surface area contributed by atoms with E-state index in [1.165, 1.54) is 29.5 Å². The predicted octanol–water partition coefficient (Wildman–Crippen LogP) is 4.31. The minimum absolute atomic E-state index is 0.142. The van der Waals surface area contributed by atoms with Crippen molar-refractivity contribution in [3.8, 4) is 0 Å². The van der Waals surface area contributed by atoms with Crippen LogP contribution in [-0.2, 0) is 10.0 Å². The smallest absolute Gasteiger partial charge is 0.263 e. The number of halogens is 3. The van der Waals surface area contributed by atoms with E-state index in [-0.39, 0.29) is 15.6 Å². The molecule has 19 heavy (non-hydrogen) atoms. The average Bonchev–Trinajstić information content (AvgIpc) is 2.63. The zero-order valence-corrected chi connectivity index (χ0v) is 14.7. The molecule has 0 saturated heterocycles. The Morgan fingerprint density at radius 1 is 1.26 bits per heavy atom. The third-order valence-electron chi connectivity index (χ3n) is 2.15. The number of rotatable bonds is 3. The Balaban J connectivity index is 2.42. The number of benzene rings is 1. The molecule has 0 aliphatic rings. The van der Waals surface area contributed by atoms with Crippen molar-refractivity contribution in [2.45, 2.75) is 4.90 Å². The van der Waals surface area contributed by atoms with Crippen molar-refractivity contribution in [3.63, 3.8) is 0 Å². The number of nitrogens with two attached hydrogens (primary N) is 1. The number of hydrogen-bond donors (Lipinski definition) is 2. The Bertz CT molecular complexity index is 731. The number of nitrogens with one attached hydrogen (secondary N) is 1. The first-order valence-electron chi connectivity index (χ1n) is 4.82. The number of anilines is 2. The van der Waals surface area contributed by atoms with E-state index in [9.17, 15) is 8.42 Å². The average molecular weight is 447 g/mol. The molecule has 0 radical (unpaired) electrons. The molecule has 1 heterocycles. The molecule has 0 bridgehead atoms. The Morgan fingerprint density at radius 3 is 2.53 bits per heavy atom. The van der Waals surface area contributed by atoms with Crippen LogP contribution < -0.4 is 10.5 Å². The van der Waals surface area contributed by atoms with Gasteiger partial charge in [-0.2, -0.15) is 0 Å². The molecule has 9 heteroatoms. The summed E-state index contributed by atoms with van der Waals surface area (Å²) in [6.45, 7) is 0. The maximum atomic E-state index is 12.2. The van der Waals surface area contributed by atoms with Crippen molar-refractivity contribution in [2.24, 2.45) is 0 Å². The van der Waals surface area contributed by atoms with Gasteiger partial charge in [-0.15, -0.1) is 11.3 Å². The lowest BCUT2D eigenvalue weighted by Crippen LogP contribution is -2.13. The zero-order chi connectivity index (χ0) is 14.2. The Kier molecular flexibility index (Phi) is 4.46. The second-order valence-electron chi connectivity index (χ2n) is 3.53. The van der Waals surface area contributed by atoms with Crippen LogP contribution >= 0.6 is 54.8 Å². The first kappa shape index (κ1) is 15.1. The maximum absolute atomic E-state index is 12.2. The molecule has 1 aromatic carbocycles. The molecule has 0 amide bonds. The van der Waals surface area contributed by atoms with Crippen LogP contribution in [0.4, 0.5) is 11.4 Å². The number of thiophene rings is 1. The van der Waals surface area contributed by atoms with Gasteiger partial charge in [0.05, 0.1) is 18.3 Å². The highest BCUT2D eigenvalue weighted by atomic mass is 79.9. The van der Waals surface area contributed by atoms with Gasteiger partial charge in [0, 0.05) is 5.69 Å². The lowest BCUT2D eigenvalue weighted by molar-refractivity contribution is 0.601. The van der Waals surface area contributed by atoms with Gasteiger partial charge < -0.3 is 5.73 Å². The van der Waals surface area contributed by atoms with E-state index in [4.69, 9.17) is 17.3 Å². The number of hydrogen-bond acceptors (Lipinski definition) is 4. The van der Waals surface area contributed by atoms with Crippen LogP contribution in [0.5, 0.6) is 0 Å². The predicted molar refractivity (Wildman–Crippen MR) is 86.4 cm³/mol. The second kappa shape index (κ2) is 5.61. The van der Waals surface area contributed by atoms with Gasteiger partial charge in [0.1, 0.15) is 4.90 Å². The van der Waals surface area contributed by atoms with E-state index in [0.717, 1.165) is 0 Å². The normalized spacial score (nSPS) is 11.5. The molecule has 0 atom stereocenters. The summed E-state index contributed by atoms with van der Waals surface area (Å²) in [5.74, 6) is 0. The number of nitrogen functional groups attached to an aromatic ring is 1. The molecule has 0 unspecified atom stereocenters. The Labute approximate surface area is 136 Å². The molecule has 0 spiro atoms. The summed E-state index contributed by atoms with van der Waals surface area (Å²) in [6, 6.07) is 6.11. The molecule has 3 N–H and O–H groups in total. The summed E-state index contributed by atoms with van der Waals surface area (Å²) < 4.78 is 28.1. The molecule has 0 saturated carbocycles. The van der Waals surface area contributed by atoms with Gasteiger partial charge in [-0.1, -0.05) is 11.6 Å². The molecular formula is C10H7Br2ClN2O2S2. The largest absolute Gasteiger partial charge is 0.399 e. The molecule has 102 valence electrons. The SMILES string of the molecule is Nc1ccc(Cl)c(NS(=O)(=O)c2cc(Br)sc2Br)c1. The van der Waals surface area contributed by atoms with Crippen LogP contribution in [0.1, 0.15) is 0 Å². The maximum Gasteiger partial charge on any atom is 0.263 e. The summed E-state index contributed by atoms with van der Waals surface area (Å²) in [6.07, 6.45) is 0. The summed E-state index contributed by atoms with van der Waals surface area (Å²) in [4.78, 5) is 0.142. The van der Waals surface area contributed by atoms with Crippen LogP contribution in [0.15, 0.2) is 36.7 Å². The first-order valence-corrected chi connectivity index (χ1v) is 9.08. The van der Waals surface area contributed by atoms with Crippen LogP contribution in [0.3, 0.4) is 0 Å². The van der Waals surface area contributed by atoms with Crippen molar-refractivity contribution in [1.29, 1.82) is 0 Å². The minimum atomic E-state index is -3.72. The fraction of sp³-hybridized carbons (Fsp3) is 0. The Morgan fingerprint density at radius 2 is 1.95 bits per heavy atom. The van der Waals surface area contributed by atoms with Gasteiger partial charge in [-0.3, -0.25) is 4.72 Å². The molecule has 0 aliphatic carbocycles. The van der Waals surface area contributed by atoms with Crippen molar-refractivity contribution < 1.29 is 8.42 Å². The summed E-state index contributed by atoms with van der Waals surface area (Å²) in [5, 5.41) is 0.281. The van der Waals surface area contributed by atoms with E-state index in [1.807, 2.05) is 0 Å². The van der Waals surface area contributed by atoms with E-state index in [0.29, 0.717) is 13.3 Å². The second-order valence-corrected chi connectivity index (χ2v) is 9.34. The number of sulfonamides is 1. The van der Waals surface area contributed by atoms with Gasteiger partial charge in [0.15, 0.2) is 0 Å². The van der Waals surface area contributed by atoms with E-state index in [2.05, 4.69) is 36.6 Å². The lowest BCUT2D eigenvalue weighted by Gasteiger charge is -2.09. The molecule has 1 aromatic heterocycles. The molecule has 0 fully saturated rings. The zero-order valence-electron chi connectivity index (χ0n) is 9.15. The molecule has 4 nitrogen and oxygen atoms in total. The van der Waals surface area contributed by atoms with Crippen molar-refractivity contribution >= 4 is 76.2 Å². The minimum Gasteiger partial charge on any atom is -0.399 e. The third kappa shape index (κ3) is 3.43. The summed E-state index contributed by atoms with van der Waals surface area (Å²) in [7, 11) is -3.72. The van der Waals surface area contributed by atoms with Gasteiger partial charge in [0.25, 0.3) is 10.0 Å². The quantitative estimate of drug-likeness (QED) is 0.690. The lowest BCUT2D eigenvalue weighted by atomic mass is 10.3. The van der Waals surface area contributed by atoms with Gasteiger partial charge >= 0.3 is 0 Å². The standard InChI is InChI=1S/C10H7Br2ClN2O2S2/c11-9-4-8(10(12)18-9)19(16,17)15-7-3-5(14)1-2-6(7)13/h1-4,15H,14H2. The van der Waals surface area contributed by atoms with Crippen molar-refractivity contribution in [1.82, 2.24) is 0 Å². The fourth-order valence-corrected chi connectivity index (χ4v) is 6.43. The van der Waals surface area contributed by atoms with Crippen LogP contribution in [0.25, 0.3) is 0 Å². The molecule has 2 aromatic rings. The summed E-state index contributed by atoms with van der Waals surface area (Å²) >= 11 is 13.7. The highest BCUT2D eigenvalue weighted by Gasteiger charge is 2.21. The monoisotopic (exact) mass is 444 g/mol. The van der Waals surface area contributed by atoms with Crippen molar-refractivity contribution in [3.05, 3.63) is 36.9 Å². The van der Waals surface area contributed by atoms with Gasteiger partial charge in [-0.05, 0) is 56.1 Å². The highest BCUT2D eigenvalue weighted by molar-refractivity contribution is 9.12. The highest BCUT2D eigenvalue weighted by Crippen LogP contribution is 2.36. The molecule has 0 aliphatic heterocycles. The Hall–Kier alpha value is -0.280. The van der Waals surface area contributed by atoms with Crippen LogP contribution in [-0.4, -0.2) is 8.42 Å². The summed E-state index contributed by atoms with van der Waals surface area (Å²) in [5.41, 5.74) is 6.28. The van der Waals surface area contributed by atoms with E-state index >= 15 is 0 Å². The van der Waals surface area contributed by atoms with Crippen LogP contribution in [0, 0.1) is 0 Å². The first-order chi connectivity index (χ1) is 8.79. The molecule has 2 rings (SSSR count). The van der Waals surface area contributed by atoms with Crippen LogP contribution in [0.2, 0.25) is 5.02 Å². The topological polar surface area (TPSA) is 72.2 Å². The van der Waals surface area contributed by atoms with Gasteiger partial charge in [0.2, 0.25) is 0 Å². The van der Waals surface area contributed by atoms with E-state index in [1.54, 1.807) is 6.07 Å². The van der Waals surface area contributed by atoms with E-state index < -0.39 is 10.0 Å². The van der Waals surface area contributed by atoms with Crippen molar-refractivity contribution in [2.75, 3.05) is 10.5 Å². The molecular weight excluding hydrogens is 440 g/mol. The van der Waals surface area contributed by atoms with Gasteiger partial charge in [-0.25, -0.2) is 8.42 Å². The third-order valence-corrected chi connectivity index (χ3v) is 6.60. The fourth-order valence-electron chi connectivity index (χ4n) is 1.33.